The highest BCUT2D eigenvalue weighted by Crippen LogP contribution is 2.41. The monoisotopic (exact) mass is 621 g/mol. The quantitative estimate of drug-likeness (QED) is 0.430. The van der Waals surface area contributed by atoms with Gasteiger partial charge in [-0.2, -0.15) is 30.6 Å². The maximum absolute atomic E-state index is 13.3. The summed E-state index contributed by atoms with van der Waals surface area (Å²) >= 11 is 0. The highest BCUT2D eigenvalue weighted by molar-refractivity contribution is 7.93. The fraction of sp³-hybridized carbons (Fsp3) is 0.478. The van der Waals surface area contributed by atoms with Crippen molar-refractivity contribution in [2.75, 3.05) is 19.3 Å². The van der Waals surface area contributed by atoms with Gasteiger partial charge in [0.15, 0.2) is 19.7 Å². The highest BCUT2D eigenvalue weighted by atomic mass is 32.2. The van der Waals surface area contributed by atoms with Gasteiger partial charge >= 0.3 is 12.4 Å². The standard InChI is InChI=1S/C23H25F6NO6S3/c1-21(2,38(33,34)18-6-4-5-16(13-18)22(24,25)26)15-9-11-30(12-10-15)39(35,36)19-8-7-17(23(27,28)29)14-20(19)37(3,31)32/h4-8,13-15H,9-12H2,1-3H3. The maximum Gasteiger partial charge on any atom is 0.416 e. The van der Waals surface area contributed by atoms with E-state index in [1.807, 2.05) is 0 Å². The minimum absolute atomic E-state index is 0.0563. The van der Waals surface area contributed by atoms with Crippen molar-refractivity contribution in [2.45, 2.75) is 58.5 Å². The molecule has 218 valence electrons. The Morgan fingerprint density at radius 2 is 1.26 bits per heavy atom. The van der Waals surface area contributed by atoms with E-state index in [1.165, 1.54) is 13.8 Å². The molecular weight excluding hydrogens is 596 g/mol. The lowest BCUT2D eigenvalue weighted by Gasteiger charge is -2.39. The number of halogens is 6. The van der Waals surface area contributed by atoms with Crippen LogP contribution in [0.3, 0.4) is 0 Å². The van der Waals surface area contributed by atoms with Gasteiger partial charge in [-0.1, -0.05) is 6.07 Å². The third-order valence-electron chi connectivity index (χ3n) is 6.89. The van der Waals surface area contributed by atoms with Crippen molar-refractivity contribution in [1.82, 2.24) is 4.31 Å². The summed E-state index contributed by atoms with van der Waals surface area (Å²) in [5.74, 6) is -0.703. The van der Waals surface area contributed by atoms with E-state index in [-0.39, 0.29) is 32.0 Å². The number of piperidine rings is 1. The number of sulfonamides is 1. The molecule has 0 aromatic heterocycles. The van der Waals surface area contributed by atoms with Gasteiger partial charge in [0.05, 0.1) is 25.7 Å². The summed E-state index contributed by atoms with van der Waals surface area (Å²) in [6.07, 6.45) is -9.22. The number of nitrogens with zero attached hydrogens (tertiary/aromatic N) is 1. The van der Waals surface area contributed by atoms with E-state index in [4.69, 9.17) is 0 Å². The normalized spacial score (nSPS) is 17.4. The third kappa shape index (κ3) is 6.12. The van der Waals surface area contributed by atoms with Gasteiger partial charge in [-0.15, -0.1) is 0 Å². The van der Waals surface area contributed by atoms with Crippen LogP contribution in [0, 0.1) is 5.92 Å². The molecule has 0 amide bonds. The Morgan fingerprint density at radius 3 is 1.74 bits per heavy atom. The van der Waals surface area contributed by atoms with Crippen LogP contribution >= 0.6 is 0 Å². The number of hydrogen-bond donors (Lipinski definition) is 0. The van der Waals surface area contributed by atoms with Crippen LogP contribution < -0.4 is 0 Å². The van der Waals surface area contributed by atoms with Crippen LogP contribution in [0.25, 0.3) is 0 Å². The molecule has 39 heavy (non-hydrogen) atoms. The lowest BCUT2D eigenvalue weighted by molar-refractivity contribution is -0.138. The molecule has 1 fully saturated rings. The second-order valence-electron chi connectivity index (χ2n) is 9.74. The molecule has 1 saturated heterocycles. The molecule has 1 aliphatic rings. The molecule has 1 heterocycles. The first-order valence-corrected chi connectivity index (χ1v) is 16.2. The fourth-order valence-electron chi connectivity index (χ4n) is 4.48. The van der Waals surface area contributed by atoms with Crippen LogP contribution in [0.1, 0.15) is 37.8 Å². The summed E-state index contributed by atoms with van der Waals surface area (Å²) in [6, 6.07) is 4.57. The highest BCUT2D eigenvalue weighted by Gasteiger charge is 2.46. The number of rotatable bonds is 6. The third-order valence-corrected chi connectivity index (χ3v) is 12.7. The molecule has 16 heteroatoms. The molecule has 0 atom stereocenters. The second kappa shape index (κ2) is 10.0. The van der Waals surface area contributed by atoms with Crippen molar-refractivity contribution < 1.29 is 51.6 Å². The zero-order valence-corrected chi connectivity index (χ0v) is 23.3. The van der Waals surface area contributed by atoms with E-state index in [0.29, 0.717) is 24.5 Å². The number of benzene rings is 2. The summed E-state index contributed by atoms with van der Waals surface area (Å²) in [5.41, 5.74) is -2.49. The molecule has 0 saturated carbocycles. The van der Waals surface area contributed by atoms with Crippen molar-refractivity contribution >= 4 is 29.7 Å². The minimum atomic E-state index is -4.92. The van der Waals surface area contributed by atoms with E-state index in [1.54, 1.807) is 0 Å². The van der Waals surface area contributed by atoms with Gasteiger partial charge in [0.2, 0.25) is 10.0 Å². The van der Waals surface area contributed by atoms with Crippen LogP contribution in [0.4, 0.5) is 26.3 Å². The summed E-state index contributed by atoms with van der Waals surface area (Å²) in [7, 11) is -13.3. The van der Waals surface area contributed by atoms with Crippen molar-refractivity contribution in [1.29, 1.82) is 0 Å². The molecule has 0 unspecified atom stereocenters. The predicted molar refractivity (Wildman–Crippen MR) is 129 cm³/mol. The Balaban J connectivity index is 1.90. The number of sulfone groups is 2. The van der Waals surface area contributed by atoms with E-state index >= 15 is 0 Å². The van der Waals surface area contributed by atoms with Gasteiger partial charge in [0, 0.05) is 19.3 Å². The average molecular weight is 622 g/mol. The first kappa shape index (κ1) is 31.4. The van der Waals surface area contributed by atoms with E-state index in [0.717, 1.165) is 22.5 Å². The maximum atomic E-state index is 13.3. The van der Waals surface area contributed by atoms with Crippen LogP contribution in [-0.4, -0.2) is 53.7 Å². The molecule has 0 aliphatic carbocycles. The molecule has 0 radical (unpaired) electrons. The molecule has 0 bridgehead atoms. The van der Waals surface area contributed by atoms with Crippen LogP contribution in [0.2, 0.25) is 0 Å². The summed E-state index contributed by atoms with van der Waals surface area (Å²) in [5, 5.41) is 0. The molecule has 0 spiro atoms. The fourth-order valence-corrected chi connectivity index (χ4v) is 9.37. The molecule has 2 aromatic carbocycles. The number of alkyl halides is 6. The Morgan fingerprint density at radius 1 is 0.744 bits per heavy atom. The SMILES string of the molecule is CC(C)(C1CCN(S(=O)(=O)c2ccc(C(F)(F)F)cc2S(C)(=O)=O)CC1)S(=O)(=O)c1cccc(C(F)(F)F)c1. The largest absolute Gasteiger partial charge is 0.416 e. The van der Waals surface area contributed by atoms with Gasteiger partial charge < -0.3 is 0 Å². The molecule has 2 aromatic rings. The molecular formula is C23H25F6NO6S3. The van der Waals surface area contributed by atoms with Crippen LogP contribution in [0.15, 0.2) is 57.2 Å². The van der Waals surface area contributed by atoms with Crippen molar-refractivity contribution in [3.63, 3.8) is 0 Å². The Labute approximate surface area is 222 Å². The Hall–Kier alpha value is -2.17. The van der Waals surface area contributed by atoms with Crippen molar-refractivity contribution in [3.05, 3.63) is 53.6 Å². The summed E-state index contributed by atoms with van der Waals surface area (Å²) in [6.45, 7) is 2.07. The van der Waals surface area contributed by atoms with Gasteiger partial charge in [0.1, 0.15) is 4.90 Å². The zero-order valence-electron chi connectivity index (χ0n) is 20.8. The first-order valence-electron chi connectivity index (χ1n) is 11.3. The lowest BCUT2D eigenvalue weighted by atomic mass is 9.86. The van der Waals surface area contributed by atoms with Crippen LogP contribution in [-0.2, 0) is 42.1 Å². The van der Waals surface area contributed by atoms with Gasteiger partial charge in [-0.05, 0) is 69.0 Å². The first-order chi connectivity index (χ1) is 17.5. The number of hydrogen-bond acceptors (Lipinski definition) is 6. The molecule has 3 rings (SSSR count). The molecule has 0 N–H and O–H groups in total. The summed E-state index contributed by atoms with van der Waals surface area (Å²) in [4.78, 5) is -2.40. The molecule has 1 aliphatic heterocycles. The minimum Gasteiger partial charge on any atom is -0.224 e. The second-order valence-corrected chi connectivity index (χ2v) is 16.2. The molecule has 7 nitrogen and oxygen atoms in total. The smallest absolute Gasteiger partial charge is 0.224 e. The average Bonchev–Trinajstić information content (AvgIpc) is 2.82. The van der Waals surface area contributed by atoms with Gasteiger partial charge in [-0.3, -0.25) is 0 Å². The van der Waals surface area contributed by atoms with E-state index in [9.17, 15) is 51.6 Å². The van der Waals surface area contributed by atoms with Crippen molar-refractivity contribution in [2.24, 2.45) is 5.92 Å². The van der Waals surface area contributed by atoms with Gasteiger partial charge in [-0.25, -0.2) is 25.3 Å². The topological polar surface area (TPSA) is 106 Å². The van der Waals surface area contributed by atoms with Gasteiger partial charge in [0.25, 0.3) is 0 Å². The Bertz CT molecular complexity index is 1570. The van der Waals surface area contributed by atoms with E-state index in [2.05, 4.69) is 0 Å². The summed E-state index contributed by atoms with van der Waals surface area (Å²) < 4.78 is 156. The predicted octanol–water partition coefficient (Wildman–Crippen LogP) is 4.78. The van der Waals surface area contributed by atoms with Crippen LogP contribution in [0.5, 0.6) is 0 Å². The van der Waals surface area contributed by atoms with E-state index < -0.39 is 78.5 Å². The zero-order chi connectivity index (χ0) is 29.8. The lowest BCUT2D eigenvalue weighted by Crippen LogP contribution is -2.47. The van der Waals surface area contributed by atoms with Crippen molar-refractivity contribution in [3.8, 4) is 0 Å². The Kier molecular flexibility index (Phi) is 8.06.